The molecule has 0 bridgehead atoms. The van der Waals surface area contributed by atoms with Gasteiger partial charge < -0.3 is 10.1 Å². The van der Waals surface area contributed by atoms with Gasteiger partial charge in [0, 0.05) is 18.1 Å². The van der Waals surface area contributed by atoms with Crippen molar-refractivity contribution < 1.29 is 17.9 Å². The van der Waals surface area contributed by atoms with Gasteiger partial charge in [0.05, 0.1) is 6.61 Å². The number of pyridine rings is 1. The van der Waals surface area contributed by atoms with Crippen molar-refractivity contribution in [3.8, 4) is 5.75 Å². The number of hydrogen-bond acceptors (Lipinski definition) is 3. The van der Waals surface area contributed by atoms with Gasteiger partial charge in [-0.15, -0.1) is 0 Å². The highest BCUT2D eigenvalue weighted by Gasteiger charge is 2.33. The van der Waals surface area contributed by atoms with Crippen molar-refractivity contribution in [2.45, 2.75) is 13.1 Å². The first-order valence-electron chi connectivity index (χ1n) is 5.79. The number of benzene rings is 1. The minimum atomic E-state index is -4.49. The van der Waals surface area contributed by atoms with Gasteiger partial charge in [-0.25, -0.2) is 4.98 Å². The van der Waals surface area contributed by atoms with Gasteiger partial charge in [-0.2, -0.15) is 13.2 Å². The molecule has 0 aliphatic heterocycles. The third-order valence-corrected chi connectivity index (χ3v) is 2.66. The molecular weight excluding hydrogens is 257 g/mol. The zero-order chi connectivity index (χ0) is 14.0. The molecule has 0 radical (unpaired) electrons. The second-order valence-corrected chi connectivity index (χ2v) is 3.89. The Kier molecular flexibility index (Phi) is 3.50. The Hall–Kier alpha value is -1.98. The quantitative estimate of drug-likeness (QED) is 0.923. The first-order valence-corrected chi connectivity index (χ1v) is 5.79. The normalized spacial score (nSPS) is 11.6. The van der Waals surface area contributed by atoms with E-state index in [1.165, 1.54) is 0 Å². The van der Waals surface area contributed by atoms with Crippen LogP contribution >= 0.6 is 0 Å². The lowest BCUT2D eigenvalue weighted by atomic mass is 10.1. The van der Waals surface area contributed by atoms with Gasteiger partial charge in [0.2, 0.25) is 0 Å². The number of nitrogens with zero attached hydrogens (tertiary/aromatic N) is 1. The molecule has 0 atom stereocenters. The van der Waals surface area contributed by atoms with Crippen LogP contribution in [0.4, 0.5) is 18.9 Å². The molecule has 6 heteroatoms. The van der Waals surface area contributed by atoms with Gasteiger partial charge in [0.25, 0.3) is 0 Å². The van der Waals surface area contributed by atoms with Crippen LogP contribution in [0.25, 0.3) is 10.9 Å². The van der Waals surface area contributed by atoms with E-state index in [-0.39, 0.29) is 5.52 Å². The molecule has 0 saturated heterocycles. The number of ether oxygens (including phenoxy) is 1. The van der Waals surface area contributed by atoms with Crippen molar-refractivity contribution in [2.75, 3.05) is 19.0 Å². The first-order chi connectivity index (χ1) is 8.97. The Morgan fingerprint density at radius 3 is 2.63 bits per heavy atom. The summed E-state index contributed by atoms with van der Waals surface area (Å²) in [7, 11) is 1.57. The molecule has 0 fully saturated rings. The van der Waals surface area contributed by atoms with Crippen LogP contribution in [0.3, 0.4) is 0 Å². The fourth-order valence-corrected chi connectivity index (χ4v) is 1.85. The number of alkyl halides is 3. The maximum absolute atomic E-state index is 12.8. The SMILES string of the molecule is CCOc1cccc2c(NC)cc(C(F)(F)F)nc12. The Bertz CT molecular complexity index is 596. The van der Waals surface area contributed by atoms with E-state index in [0.29, 0.717) is 23.4 Å². The highest BCUT2D eigenvalue weighted by Crippen LogP contribution is 2.35. The Labute approximate surface area is 108 Å². The van der Waals surface area contributed by atoms with Crippen molar-refractivity contribution in [3.05, 3.63) is 30.0 Å². The zero-order valence-corrected chi connectivity index (χ0v) is 10.5. The molecule has 1 aromatic carbocycles. The van der Waals surface area contributed by atoms with Crippen molar-refractivity contribution >= 4 is 16.6 Å². The predicted molar refractivity (Wildman–Crippen MR) is 67.5 cm³/mol. The topological polar surface area (TPSA) is 34.1 Å². The van der Waals surface area contributed by atoms with Crippen LogP contribution in [0.1, 0.15) is 12.6 Å². The fraction of sp³-hybridized carbons (Fsp3) is 0.308. The monoisotopic (exact) mass is 270 g/mol. The summed E-state index contributed by atoms with van der Waals surface area (Å²) in [4.78, 5) is 3.68. The maximum atomic E-state index is 12.8. The van der Waals surface area contributed by atoms with Crippen LogP contribution in [0.5, 0.6) is 5.75 Å². The van der Waals surface area contributed by atoms with E-state index in [9.17, 15) is 13.2 Å². The van der Waals surface area contributed by atoms with Crippen LogP contribution in [-0.2, 0) is 6.18 Å². The minimum Gasteiger partial charge on any atom is -0.492 e. The number of hydrogen-bond donors (Lipinski definition) is 1. The second-order valence-electron chi connectivity index (χ2n) is 3.89. The summed E-state index contributed by atoms with van der Waals surface area (Å²) in [6.07, 6.45) is -4.49. The molecular formula is C13H13F3N2O. The summed E-state index contributed by atoms with van der Waals surface area (Å²) in [6.45, 7) is 2.14. The van der Waals surface area contributed by atoms with E-state index in [1.807, 2.05) is 0 Å². The zero-order valence-electron chi connectivity index (χ0n) is 10.5. The molecule has 0 aliphatic carbocycles. The number of halogens is 3. The molecule has 1 N–H and O–H groups in total. The average molecular weight is 270 g/mol. The highest BCUT2D eigenvalue weighted by molar-refractivity contribution is 5.95. The van der Waals surface area contributed by atoms with E-state index in [0.717, 1.165) is 6.07 Å². The highest BCUT2D eigenvalue weighted by atomic mass is 19.4. The van der Waals surface area contributed by atoms with E-state index in [4.69, 9.17) is 4.74 Å². The summed E-state index contributed by atoms with van der Waals surface area (Å²) in [5.41, 5.74) is -0.348. The lowest BCUT2D eigenvalue weighted by molar-refractivity contribution is -0.140. The summed E-state index contributed by atoms with van der Waals surface area (Å²) < 4.78 is 43.8. The van der Waals surface area contributed by atoms with Gasteiger partial charge in [0.15, 0.2) is 0 Å². The first kappa shape index (κ1) is 13.5. The molecule has 0 amide bonds. The Morgan fingerprint density at radius 1 is 1.32 bits per heavy atom. The van der Waals surface area contributed by atoms with Crippen LogP contribution < -0.4 is 10.1 Å². The van der Waals surface area contributed by atoms with E-state index in [2.05, 4.69) is 10.3 Å². The Morgan fingerprint density at radius 2 is 2.05 bits per heavy atom. The smallest absolute Gasteiger partial charge is 0.433 e. The Balaban J connectivity index is 2.74. The van der Waals surface area contributed by atoms with Crippen molar-refractivity contribution in [1.29, 1.82) is 0 Å². The number of nitrogens with one attached hydrogen (secondary N) is 1. The second kappa shape index (κ2) is 4.95. The van der Waals surface area contributed by atoms with E-state index in [1.54, 1.807) is 32.2 Å². The van der Waals surface area contributed by atoms with E-state index >= 15 is 0 Å². The molecule has 1 aromatic heterocycles. The van der Waals surface area contributed by atoms with Gasteiger partial charge in [-0.05, 0) is 19.1 Å². The standard InChI is InChI=1S/C13H13F3N2O/c1-3-19-10-6-4-5-8-9(17-2)7-11(13(14,15)16)18-12(8)10/h4-7H,3H2,1-2H3,(H,17,18). The molecule has 0 aliphatic rings. The summed E-state index contributed by atoms with van der Waals surface area (Å²) >= 11 is 0. The third-order valence-electron chi connectivity index (χ3n) is 2.66. The maximum Gasteiger partial charge on any atom is 0.433 e. The third kappa shape index (κ3) is 2.57. The van der Waals surface area contributed by atoms with Gasteiger partial charge >= 0.3 is 6.18 Å². The molecule has 1 heterocycles. The van der Waals surface area contributed by atoms with Crippen molar-refractivity contribution in [3.63, 3.8) is 0 Å². The molecule has 2 rings (SSSR count). The van der Waals surface area contributed by atoms with Crippen molar-refractivity contribution in [1.82, 2.24) is 4.98 Å². The lowest BCUT2D eigenvalue weighted by Gasteiger charge is -2.13. The summed E-state index contributed by atoms with van der Waals surface area (Å²) in [5.74, 6) is 0.350. The largest absolute Gasteiger partial charge is 0.492 e. The average Bonchev–Trinajstić information content (AvgIpc) is 2.37. The molecule has 3 nitrogen and oxygen atoms in total. The van der Waals surface area contributed by atoms with Crippen LogP contribution in [0.15, 0.2) is 24.3 Å². The molecule has 0 spiro atoms. The van der Waals surface area contributed by atoms with Gasteiger partial charge in [-0.3, -0.25) is 0 Å². The summed E-state index contributed by atoms with van der Waals surface area (Å²) in [6, 6.07) is 6.04. The van der Waals surface area contributed by atoms with Gasteiger partial charge in [-0.1, -0.05) is 12.1 Å². The minimum absolute atomic E-state index is 0.212. The lowest BCUT2D eigenvalue weighted by Crippen LogP contribution is -2.09. The van der Waals surface area contributed by atoms with E-state index < -0.39 is 11.9 Å². The number of para-hydroxylation sites is 1. The predicted octanol–water partition coefficient (Wildman–Crippen LogP) is 3.69. The van der Waals surface area contributed by atoms with Crippen LogP contribution in [0.2, 0.25) is 0 Å². The van der Waals surface area contributed by atoms with Crippen LogP contribution in [-0.4, -0.2) is 18.6 Å². The molecule has 0 saturated carbocycles. The number of anilines is 1. The molecule has 2 aromatic rings. The number of fused-ring (bicyclic) bond motifs is 1. The molecule has 102 valence electrons. The van der Waals surface area contributed by atoms with Gasteiger partial charge in [0.1, 0.15) is 17.0 Å². The summed E-state index contributed by atoms with van der Waals surface area (Å²) in [5, 5.41) is 3.35. The molecule has 19 heavy (non-hydrogen) atoms. The van der Waals surface area contributed by atoms with Crippen molar-refractivity contribution in [2.24, 2.45) is 0 Å². The number of rotatable bonds is 3. The fourth-order valence-electron chi connectivity index (χ4n) is 1.85. The van der Waals surface area contributed by atoms with Crippen LogP contribution in [0, 0.1) is 0 Å². The number of aromatic nitrogens is 1. The molecule has 0 unspecified atom stereocenters.